The Kier molecular flexibility index (Phi) is 4.42. The molecule has 1 N–H and O–H groups in total. The highest BCUT2D eigenvalue weighted by Gasteiger charge is 2.17. The van der Waals surface area contributed by atoms with Gasteiger partial charge in [0.1, 0.15) is 6.33 Å². The number of hydrogen-bond acceptors (Lipinski definition) is 4. The van der Waals surface area contributed by atoms with E-state index in [1.165, 1.54) is 6.33 Å². The van der Waals surface area contributed by atoms with Crippen LogP contribution in [0.2, 0.25) is 0 Å². The number of hydrogen-bond donors (Lipinski definition) is 1. The molecular weight excluding hydrogens is 290 g/mol. The van der Waals surface area contributed by atoms with Crippen molar-refractivity contribution in [2.45, 2.75) is 6.42 Å². The summed E-state index contributed by atoms with van der Waals surface area (Å²) in [5.74, 6) is 0.542. The molecule has 3 rings (SSSR count). The van der Waals surface area contributed by atoms with E-state index in [0.717, 1.165) is 11.3 Å². The van der Waals surface area contributed by atoms with Crippen molar-refractivity contribution in [3.8, 4) is 11.4 Å². The SMILES string of the molecule is CN(CCc1ccccn1)C(=O)c1ccccc1-c1ncn[nH]1. The summed E-state index contributed by atoms with van der Waals surface area (Å²) >= 11 is 0. The lowest BCUT2D eigenvalue weighted by Gasteiger charge is -2.18. The van der Waals surface area contributed by atoms with Gasteiger partial charge in [0.2, 0.25) is 0 Å². The van der Waals surface area contributed by atoms with Crippen molar-refractivity contribution in [1.29, 1.82) is 0 Å². The van der Waals surface area contributed by atoms with Crippen LogP contribution in [0.3, 0.4) is 0 Å². The minimum Gasteiger partial charge on any atom is -0.341 e. The lowest BCUT2D eigenvalue weighted by molar-refractivity contribution is 0.0797. The highest BCUT2D eigenvalue weighted by molar-refractivity contribution is 5.99. The van der Waals surface area contributed by atoms with Gasteiger partial charge < -0.3 is 4.90 Å². The fraction of sp³-hybridized carbons (Fsp3) is 0.176. The number of likely N-dealkylation sites (N-methyl/N-ethyl adjacent to an activating group) is 1. The number of nitrogens with one attached hydrogen (secondary N) is 1. The number of rotatable bonds is 5. The zero-order valence-corrected chi connectivity index (χ0v) is 12.8. The van der Waals surface area contributed by atoms with Gasteiger partial charge >= 0.3 is 0 Å². The van der Waals surface area contributed by atoms with Crippen LogP contribution < -0.4 is 0 Å². The number of H-pyrrole nitrogens is 1. The van der Waals surface area contributed by atoms with E-state index in [2.05, 4.69) is 20.2 Å². The molecule has 0 atom stereocenters. The van der Waals surface area contributed by atoms with Crippen molar-refractivity contribution in [3.05, 3.63) is 66.2 Å². The zero-order valence-electron chi connectivity index (χ0n) is 12.8. The Morgan fingerprint density at radius 3 is 2.70 bits per heavy atom. The molecule has 6 nitrogen and oxygen atoms in total. The van der Waals surface area contributed by atoms with Crippen LogP contribution in [-0.2, 0) is 6.42 Å². The Bertz CT molecular complexity index is 771. The van der Waals surface area contributed by atoms with Crippen LogP contribution in [0.25, 0.3) is 11.4 Å². The van der Waals surface area contributed by atoms with Gasteiger partial charge in [0, 0.05) is 37.5 Å². The number of benzene rings is 1. The van der Waals surface area contributed by atoms with Gasteiger partial charge in [-0.2, -0.15) is 5.10 Å². The Morgan fingerprint density at radius 2 is 1.96 bits per heavy atom. The first-order valence-electron chi connectivity index (χ1n) is 7.36. The molecule has 1 aromatic carbocycles. The highest BCUT2D eigenvalue weighted by atomic mass is 16.2. The van der Waals surface area contributed by atoms with Crippen LogP contribution in [0.1, 0.15) is 16.1 Å². The van der Waals surface area contributed by atoms with Gasteiger partial charge in [-0.25, -0.2) is 4.98 Å². The van der Waals surface area contributed by atoms with E-state index in [-0.39, 0.29) is 5.91 Å². The van der Waals surface area contributed by atoms with E-state index in [4.69, 9.17) is 0 Å². The molecule has 0 saturated carbocycles. The molecule has 3 aromatic rings. The van der Waals surface area contributed by atoms with Crippen LogP contribution in [0.4, 0.5) is 0 Å². The number of aromatic nitrogens is 4. The summed E-state index contributed by atoms with van der Waals surface area (Å²) in [6.07, 6.45) is 3.91. The average Bonchev–Trinajstić information content (AvgIpc) is 3.14. The first kappa shape index (κ1) is 14.9. The summed E-state index contributed by atoms with van der Waals surface area (Å²) in [5, 5.41) is 6.65. The maximum atomic E-state index is 12.7. The largest absolute Gasteiger partial charge is 0.341 e. The summed E-state index contributed by atoms with van der Waals surface area (Å²) in [4.78, 5) is 22.8. The van der Waals surface area contributed by atoms with Crippen molar-refractivity contribution < 1.29 is 4.79 Å². The molecular formula is C17H17N5O. The van der Waals surface area contributed by atoms with Crippen LogP contribution in [0.15, 0.2) is 55.0 Å². The summed E-state index contributed by atoms with van der Waals surface area (Å²) in [5.41, 5.74) is 2.32. The molecule has 23 heavy (non-hydrogen) atoms. The van der Waals surface area contributed by atoms with Crippen LogP contribution in [0.5, 0.6) is 0 Å². The number of aromatic amines is 1. The molecule has 0 aliphatic heterocycles. The van der Waals surface area contributed by atoms with E-state index < -0.39 is 0 Å². The van der Waals surface area contributed by atoms with E-state index in [0.29, 0.717) is 24.4 Å². The van der Waals surface area contributed by atoms with Gasteiger partial charge in [-0.05, 0) is 18.2 Å². The predicted molar refractivity (Wildman–Crippen MR) is 86.7 cm³/mol. The maximum absolute atomic E-state index is 12.7. The van der Waals surface area contributed by atoms with Gasteiger partial charge in [0.25, 0.3) is 5.91 Å². The van der Waals surface area contributed by atoms with Crippen molar-refractivity contribution in [2.24, 2.45) is 0 Å². The Balaban J connectivity index is 1.75. The lowest BCUT2D eigenvalue weighted by Crippen LogP contribution is -2.29. The minimum atomic E-state index is -0.0482. The number of nitrogens with zero attached hydrogens (tertiary/aromatic N) is 4. The fourth-order valence-electron chi connectivity index (χ4n) is 2.35. The van der Waals surface area contributed by atoms with Crippen molar-refractivity contribution in [3.63, 3.8) is 0 Å². The normalized spacial score (nSPS) is 10.5. The van der Waals surface area contributed by atoms with E-state index in [9.17, 15) is 4.79 Å². The van der Waals surface area contributed by atoms with Gasteiger partial charge in [-0.1, -0.05) is 24.3 Å². The average molecular weight is 307 g/mol. The molecule has 2 aromatic heterocycles. The van der Waals surface area contributed by atoms with Gasteiger partial charge in [-0.15, -0.1) is 0 Å². The molecule has 6 heteroatoms. The smallest absolute Gasteiger partial charge is 0.254 e. The van der Waals surface area contributed by atoms with E-state index in [1.807, 2.05) is 36.4 Å². The molecule has 1 amide bonds. The zero-order chi connectivity index (χ0) is 16.1. The summed E-state index contributed by atoms with van der Waals surface area (Å²) < 4.78 is 0. The molecule has 0 bridgehead atoms. The first-order chi connectivity index (χ1) is 11.3. The fourth-order valence-corrected chi connectivity index (χ4v) is 2.35. The second kappa shape index (κ2) is 6.83. The quantitative estimate of drug-likeness (QED) is 0.784. The van der Waals surface area contributed by atoms with Gasteiger partial charge in [0.05, 0.1) is 5.56 Å². The topological polar surface area (TPSA) is 74.8 Å². The third-order valence-electron chi connectivity index (χ3n) is 3.60. The monoisotopic (exact) mass is 307 g/mol. The minimum absolute atomic E-state index is 0.0482. The Labute approximate surface area is 134 Å². The number of amides is 1. The molecule has 0 unspecified atom stereocenters. The van der Waals surface area contributed by atoms with Gasteiger partial charge in [0.15, 0.2) is 5.82 Å². The standard InChI is InChI=1S/C17H17N5O/c1-22(11-9-13-6-4-5-10-18-13)17(23)15-8-3-2-7-14(15)16-19-12-20-21-16/h2-8,10,12H,9,11H2,1H3,(H,19,20,21). The van der Waals surface area contributed by atoms with Gasteiger partial charge in [-0.3, -0.25) is 14.9 Å². The molecule has 2 heterocycles. The van der Waals surface area contributed by atoms with E-state index in [1.54, 1.807) is 24.2 Å². The lowest BCUT2D eigenvalue weighted by atomic mass is 10.1. The number of pyridine rings is 1. The van der Waals surface area contributed by atoms with Crippen LogP contribution in [0, 0.1) is 0 Å². The summed E-state index contributed by atoms with van der Waals surface area (Å²) in [6.45, 7) is 0.598. The highest BCUT2D eigenvalue weighted by Crippen LogP contribution is 2.20. The summed E-state index contributed by atoms with van der Waals surface area (Å²) in [6, 6.07) is 13.2. The molecule has 0 spiro atoms. The third kappa shape index (κ3) is 3.42. The maximum Gasteiger partial charge on any atom is 0.254 e. The molecule has 0 aliphatic rings. The van der Waals surface area contributed by atoms with Crippen molar-refractivity contribution in [1.82, 2.24) is 25.1 Å². The summed E-state index contributed by atoms with van der Waals surface area (Å²) in [7, 11) is 1.79. The van der Waals surface area contributed by atoms with E-state index >= 15 is 0 Å². The molecule has 0 fully saturated rings. The third-order valence-corrected chi connectivity index (χ3v) is 3.60. The van der Waals surface area contributed by atoms with Crippen molar-refractivity contribution in [2.75, 3.05) is 13.6 Å². The van der Waals surface area contributed by atoms with Crippen LogP contribution in [-0.4, -0.2) is 44.6 Å². The van der Waals surface area contributed by atoms with Crippen LogP contribution >= 0.6 is 0 Å². The molecule has 116 valence electrons. The second-order valence-electron chi connectivity index (χ2n) is 5.18. The number of carbonyl (C=O) groups excluding carboxylic acids is 1. The van der Waals surface area contributed by atoms with Crippen molar-refractivity contribution >= 4 is 5.91 Å². The second-order valence-corrected chi connectivity index (χ2v) is 5.18. The number of carbonyl (C=O) groups is 1. The Morgan fingerprint density at radius 1 is 1.13 bits per heavy atom. The molecule has 0 saturated heterocycles. The first-order valence-corrected chi connectivity index (χ1v) is 7.36. The predicted octanol–water partition coefficient (Wildman–Crippen LogP) is 2.18. The molecule has 0 radical (unpaired) electrons. The molecule has 0 aliphatic carbocycles. The Hall–Kier alpha value is -3.02.